The molecule has 0 fully saturated rings. The Morgan fingerprint density at radius 3 is 2.23 bits per heavy atom. The SMILES string of the molecule is CCCCc1ccc(S(=O)(=O)O/N=C(\C(=O)O)c2ccc(C)cc2)cc1. The second-order valence-electron chi connectivity index (χ2n) is 5.89. The molecule has 0 heterocycles. The third kappa shape index (κ3) is 5.16. The quantitative estimate of drug-likeness (QED) is 0.563. The number of unbranched alkanes of at least 4 members (excludes halogenated alkanes) is 1. The van der Waals surface area contributed by atoms with Gasteiger partial charge in [-0.3, -0.25) is 4.28 Å². The minimum absolute atomic E-state index is 0.0739. The number of hydrogen-bond acceptors (Lipinski definition) is 5. The standard InChI is InChI=1S/C19H21NO5S/c1-3-4-5-15-8-12-17(13-9-15)26(23,24)25-20-18(19(21)22)16-10-6-14(2)7-11-16/h6-13H,3-5H2,1-2H3,(H,21,22)/b20-18-. The number of oxime groups is 1. The second kappa shape index (κ2) is 8.62. The van der Waals surface area contributed by atoms with Crippen LogP contribution < -0.4 is 0 Å². The van der Waals surface area contributed by atoms with Crippen LogP contribution in [-0.4, -0.2) is 25.2 Å². The van der Waals surface area contributed by atoms with E-state index in [2.05, 4.69) is 16.4 Å². The third-order valence-electron chi connectivity index (χ3n) is 3.79. The van der Waals surface area contributed by atoms with Gasteiger partial charge in [0.15, 0.2) is 5.71 Å². The fourth-order valence-corrected chi connectivity index (χ4v) is 2.99. The summed E-state index contributed by atoms with van der Waals surface area (Å²) in [7, 11) is -4.19. The number of aryl methyl sites for hydroxylation is 2. The number of benzene rings is 2. The van der Waals surface area contributed by atoms with Crippen molar-refractivity contribution in [2.45, 2.75) is 38.0 Å². The normalized spacial score (nSPS) is 12.0. The average molecular weight is 375 g/mol. The Hall–Kier alpha value is -2.67. The predicted molar refractivity (Wildman–Crippen MR) is 98.7 cm³/mol. The molecule has 0 spiro atoms. The number of aliphatic carboxylic acids is 1. The van der Waals surface area contributed by atoms with Gasteiger partial charge in [-0.25, -0.2) is 4.79 Å². The molecule has 0 saturated heterocycles. The number of rotatable bonds is 8. The van der Waals surface area contributed by atoms with E-state index >= 15 is 0 Å². The lowest BCUT2D eigenvalue weighted by atomic mass is 10.1. The first-order valence-electron chi connectivity index (χ1n) is 8.24. The van der Waals surface area contributed by atoms with Crippen molar-refractivity contribution in [1.29, 1.82) is 0 Å². The smallest absolute Gasteiger partial charge is 0.358 e. The van der Waals surface area contributed by atoms with Crippen molar-refractivity contribution in [3.05, 3.63) is 65.2 Å². The van der Waals surface area contributed by atoms with Gasteiger partial charge in [-0.1, -0.05) is 60.5 Å². The molecule has 26 heavy (non-hydrogen) atoms. The lowest BCUT2D eigenvalue weighted by Crippen LogP contribution is -2.16. The average Bonchev–Trinajstić information content (AvgIpc) is 2.61. The summed E-state index contributed by atoms with van der Waals surface area (Å²) in [6.45, 7) is 3.94. The molecular weight excluding hydrogens is 354 g/mol. The van der Waals surface area contributed by atoms with Crippen LogP contribution in [0.1, 0.15) is 36.5 Å². The van der Waals surface area contributed by atoms with Crippen LogP contribution in [-0.2, 0) is 25.6 Å². The van der Waals surface area contributed by atoms with Crippen LogP contribution in [0.2, 0.25) is 0 Å². The molecule has 7 heteroatoms. The molecule has 2 aromatic carbocycles. The van der Waals surface area contributed by atoms with Gasteiger partial charge >= 0.3 is 16.1 Å². The molecule has 0 aliphatic rings. The van der Waals surface area contributed by atoms with Gasteiger partial charge in [-0.15, -0.1) is 0 Å². The number of nitrogens with zero attached hydrogens (tertiary/aromatic N) is 1. The fraction of sp³-hybridized carbons (Fsp3) is 0.263. The van der Waals surface area contributed by atoms with Crippen molar-refractivity contribution in [3.8, 4) is 0 Å². The second-order valence-corrected chi connectivity index (χ2v) is 7.42. The van der Waals surface area contributed by atoms with E-state index in [0.717, 1.165) is 30.4 Å². The molecule has 0 aliphatic carbocycles. The summed E-state index contributed by atoms with van der Waals surface area (Å²) in [5, 5.41) is 12.6. The maximum absolute atomic E-state index is 12.2. The molecule has 0 amide bonds. The Morgan fingerprint density at radius 2 is 1.69 bits per heavy atom. The van der Waals surface area contributed by atoms with Gasteiger partial charge in [0.1, 0.15) is 4.90 Å². The third-order valence-corrected chi connectivity index (χ3v) is 4.91. The van der Waals surface area contributed by atoms with Crippen molar-refractivity contribution in [2.75, 3.05) is 0 Å². The van der Waals surface area contributed by atoms with Crippen LogP contribution in [0.15, 0.2) is 58.6 Å². The molecule has 0 radical (unpaired) electrons. The molecule has 0 aliphatic heterocycles. The Balaban J connectivity index is 2.22. The van der Waals surface area contributed by atoms with Gasteiger partial charge < -0.3 is 5.11 Å². The number of carbonyl (C=O) groups is 1. The highest BCUT2D eigenvalue weighted by atomic mass is 32.2. The lowest BCUT2D eigenvalue weighted by molar-refractivity contribution is -0.129. The highest BCUT2D eigenvalue weighted by molar-refractivity contribution is 7.86. The molecule has 2 aromatic rings. The van der Waals surface area contributed by atoms with Crippen LogP contribution in [0.25, 0.3) is 0 Å². The van der Waals surface area contributed by atoms with E-state index in [9.17, 15) is 18.3 Å². The highest BCUT2D eigenvalue weighted by Crippen LogP contribution is 2.16. The van der Waals surface area contributed by atoms with Crippen LogP contribution in [0.5, 0.6) is 0 Å². The van der Waals surface area contributed by atoms with E-state index in [0.29, 0.717) is 0 Å². The largest absolute Gasteiger partial charge is 0.476 e. The summed E-state index contributed by atoms with van der Waals surface area (Å²) in [6.07, 6.45) is 2.94. The van der Waals surface area contributed by atoms with Crippen LogP contribution >= 0.6 is 0 Å². The topological polar surface area (TPSA) is 93.0 Å². The molecule has 0 bridgehead atoms. The van der Waals surface area contributed by atoms with Gasteiger partial charge in [0, 0.05) is 5.56 Å². The summed E-state index contributed by atoms with van der Waals surface area (Å²) >= 11 is 0. The predicted octanol–water partition coefficient (Wildman–Crippen LogP) is 3.53. The summed E-state index contributed by atoms with van der Waals surface area (Å²) < 4.78 is 29.1. The highest BCUT2D eigenvalue weighted by Gasteiger charge is 2.19. The maximum atomic E-state index is 12.2. The van der Waals surface area contributed by atoms with Gasteiger partial charge in [-0.2, -0.15) is 8.42 Å². The summed E-state index contributed by atoms with van der Waals surface area (Å²) in [4.78, 5) is 11.3. The monoisotopic (exact) mass is 375 g/mol. The number of carboxylic acid groups (broad SMARTS) is 1. The zero-order valence-corrected chi connectivity index (χ0v) is 15.5. The maximum Gasteiger partial charge on any atom is 0.358 e. The Labute approximate surface area is 153 Å². The summed E-state index contributed by atoms with van der Waals surface area (Å²) in [5.41, 5.74) is 1.75. The molecule has 1 N–H and O–H groups in total. The molecule has 0 unspecified atom stereocenters. The van der Waals surface area contributed by atoms with Crippen LogP contribution in [0.3, 0.4) is 0 Å². The summed E-state index contributed by atoms with van der Waals surface area (Å²) in [5.74, 6) is -1.38. The first kappa shape index (κ1) is 19.7. The lowest BCUT2D eigenvalue weighted by Gasteiger charge is -2.05. The minimum atomic E-state index is -4.19. The van der Waals surface area contributed by atoms with E-state index in [4.69, 9.17) is 0 Å². The molecule has 0 atom stereocenters. The van der Waals surface area contributed by atoms with E-state index < -0.39 is 21.8 Å². The minimum Gasteiger partial charge on any atom is -0.476 e. The molecule has 0 saturated carbocycles. The van der Waals surface area contributed by atoms with Crippen molar-refractivity contribution in [3.63, 3.8) is 0 Å². The van der Waals surface area contributed by atoms with Gasteiger partial charge in [-0.05, 0) is 37.5 Å². The van der Waals surface area contributed by atoms with E-state index in [-0.39, 0.29) is 10.5 Å². The molecule has 0 aromatic heterocycles. The first-order chi connectivity index (χ1) is 12.3. The van der Waals surface area contributed by atoms with Crippen molar-refractivity contribution in [1.82, 2.24) is 0 Å². The Kier molecular flexibility index (Phi) is 6.52. The Bertz CT molecular complexity index is 885. The van der Waals surface area contributed by atoms with Crippen molar-refractivity contribution >= 4 is 21.8 Å². The first-order valence-corrected chi connectivity index (χ1v) is 9.65. The molecule has 6 nitrogen and oxygen atoms in total. The zero-order valence-electron chi connectivity index (χ0n) is 14.7. The van der Waals surface area contributed by atoms with E-state index in [1.807, 2.05) is 6.92 Å². The summed E-state index contributed by atoms with van der Waals surface area (Å²) in [6, 6.07) is 12.8. The van der Waals surface area contributed by atoms with Gasteiger partial charge in [0.2, 0.25) is 0 Å². The van der Waals surface area contributed by atoms with Crippen LogP contribution in [0.4, 0.5) is 0 Å². The number of hydrogen-bond donors (Lipinski definition) is 1. The molecule has 2 rings (SSSR count). The van der Waals surface area contributed by atoms with Crippen molar-refractivity contribution in [2.24, 2.45) is 5.16 Å². The fourth-order valence-electron chi connectivity index (χ4n) is 2.26. The Morgan fingerprint density at radius 1 is 1.08 bits per heavy atom. The van der Waals surface area contributed by atoms with E-state index in [1.165, 1.54) is 12.1 Å². The van der Waals surface area contributed by atoms with E-state index in [1.54, 1.807) is 36.4 Å². The van der Waals surface area contributed by atoms with Crippen LogP contribution in [0, 0.1) is 6.92 Å². The number of carboxylic acids is 1. The molecule has 138 valence electrons. The van der Waals surface area contributed by atoms with Gasteiger partial charge in [0.05, 0.1) is 0 Å². The zero-order chi connectivity index (χ0) is 19.2. The van der Waals surface area contributed by atoms with Gasteiger partial charge in [0.25, 0.3) is 0 Å². The van der Waals surface area contributed by atoms with Crippen molar-refractivity contribution < 1.29 is 22.6 Å². The molecular formula is C19H21NO5S.